The molecule has 36 heavy (non-hydrogen) atoms. The summed E-state index contributed by atoms with van der Waals surface area (Å²) in [7, 11) is 0. The van der Waals surface area contributed by atoms with Gasteiger partial charge in [0.15, 0.2) is 0 Å². The van der Waals surface area contributed by atoms with Gasteiger partial charge in [0, 0.05) is 25.2 Å². The molecule has 8 nitrogen and oxygen atoms in total. The van der Waals surface area contributed by atoms with E-state index in [1.165, 1.54) is 0 Å². The predicted octanol–water partition coefficient (Wildman–Crippen LogP) is 3.62. The molecule has 3 saturated heterocycles. The number of nitrogens with zero attached hydrogens (tertiary/aromatic N) is 2. The van der Waals surface area contributed by atoms with Crippen LogP contribution in [0.3, 0.4) is 0 Å². The number of ether oxygens (including phenoxy) is 1. The first kappa shape index (κ1) is 28.6. The third kappa shape index (κ3) is 4.95. The van der Waals surface area contributed by atoms with Gasteiger partial charge in [0.1, 0.15) is 11.6 Å². The molecule has 204 valence electrons. The van der Waals surface area contributed by atoms with Gasteiger partial charge in [-0.25, -0.2) is 0 Å². The van der Waals surface area contributed by atoms with Crippen molar-refractivity contribution < 1.29 is 29.3 Å². The number of fused-ring (bicyclic) bond motifs is 1. The van der Waals surface area contributed by atoms with Crippen LogP contribution in [-0.2, 0) is 19.1 Å². The summed E-state index contributed by atoms with van der Waals surface area (Å²) >= 11 is 0. The number of carboxylic acid groups (broad SMARTS) is 1. The number of carbonyl (C=O) groups is 3. The largest absolute Gasteiger partial charge is 0.481 e. The fourth-order valence-electron chi connectivity index (χ4n) is 7.37. The number of unbranched alkanes of at least 4 members (excludes halogenated alkanes) is 3. The molecule has 3 rings (SSSR count). The van der Waals surface area contributed by atoms with Crippen molar-refractivity contribution in [2.24, 2.45) is 17.3 Å². The maximum atomic E-state index is 14.5. The molecule has 3 heterocycles. The van der Waals surface area contributed by atoms with Crippen molar-refractivity contribution >= 4 is 17.8 Å². The molecule has 0 aromatic heterocycles. The van der Waals surface area contributed by atoms with E-state index < -0.39 is 40.6 Å². The number of hydrogen-bond acceptors (Lipinski definition) is 5. The van der Waals surface area contributed by atoms with Gasteiger partial charge in [0.2, 0.25) is 11.8 Å². The molecule has 8 heteroatoms. The van der Waals surface area contributed by atoms with Gasteiger partial charge in [-0.3, -0.25) is 14.4 Å². The van der Waals surface area contributed by atoms with E-state index in [-0.39, 0.29) is 23.8 Å². The molecule has 5 atom stereocenters. The molecule has 3 fully saturated rings. The smallest absolute Gasteiger partial charge is 0.310 e. The number of carboxylic acids is 1. The molecule has 3 aliphatic rings. The van der Waals surface area contributed by atoms with Crippen LogP contribution in [0.2, 0.25) is 0 Å². The Morgan fingerprint density at radius 2 is 1.81 bits per heavy atom. The van der Waals surface area contributed by atoms with E-state index in [1.54, 1.807) is 17.9 Å². The molecule has 3 aliphatic heterocycles. The summed E-state index contributed by atoms with van der Waals surface area (Å²) < 4.78 is 6.52. The molecular formula is C28H46N2O6. The lowest BCUT2D eigenvalue weighted by atomic mass is 9.66. The molecule has 0 aliphatic carbocycles. The third-order valence-electron chi connectivity index (χ3n) is 8.36. The van der Waals surface area contributed by atoms with Crippen molar-refractivity contribution in [3.63, 3.8) is 0 Å². The number of rotatable bonds is 12. The molecule has 2 bridgehead atoms. The van der Waals surface area contributed by atoms with Crippen LogP contribution in [0.25, 0.3) is 0 Å². The van der Waals surface area contributed by atoms with Crippen LogP contribution in [0, 0.1) is 17.3 Å². The van der Waals surface area contributed by atoms with Crippen LogP contribution in [-0.4, -0.2) is 80.3 Å². The Bertz CT molecular complexity index is 880. The summed E-state index contributed by atoms with van der Waals surface area (Å²) in [4.78, 5) is 44.2. The highest BCUT2D eigenvalue weighted by molar-refractivity contribution is 5.98. The molecule has 0 aromatic carbocycles. The number of hydrogen-bond donors (Lipinski definition) is 2. The predicted molar refractivity (Wildman–Crippen MR) is 137 cm³/mol. The normalized spacial score (nSPS) is 31.6. The lowest BCUT2D eigenvalue weighted by molar-refractivity contribution is -0.158. The zero-order chi connectivity index (χ0) is 27.1. The number of aliphatic hydroxyl groups is 1. The van der Waals surface area contributed by atoms with Gasteiger partial charge in [-0.2, -0.15) is 0 Å². The monoisotopic (exact) mass is 506 g/mol. The second-order valence-corrected chi connectivity index (χ2v) is 13.0. The van der Waals surface area contributed by atoms with Crippen molar-refractivity contribution in [1.82, 2.24) is 9.80 Å². The van der Waals surface area contributed by atoms with Gasteiger partial charge in [-0.05, 0) is 58.3 Å². The minimum Gasteiger partial charge on any atom is -0.481 e. The maximum Gasteiger partial charge on any atom is 0.310 e. The van der Waals surface area contributed by atoms with E-state index in [0.717, 1.165) is 19.3 Å². The average Bonchev–Trinajstić information content (AvgIpc) is 3.30. The quantitative estimate of drug-likeness (QED) is 0.309. The van der Waals surface area contributed by atoms with Crippen molar-refractivity contribution in [3.8, 4) is 0 Å². The number of likely N-dealkylation sites (tertiary alicyclic amines) is 1. The fourth-order valence-corrected chi connectivity index (χ4v) is 7.37. The Balaban J connectivity index is 2.02. The number of aliphatic hydroxyl groups excluding tert-OH is 1. The number of aliphatic carboxylic acids is 1. The van der Waals surface area contributed by atoms with E-state index in [4.69, 9.17) is 9.84 Å². The highest BCUT2D eigenvalue weighted by atomic mass is 16.5. The molecule has 0 radical (unpaired) electrons. The van der Waals surface area contributed by atoms with Gasteiger partial charge in [0.25, 0.3) is 0 Å². The molecule has 0 saturated carbocycles. The summed E-state index contributed by atoms with van der Waals surface area (Å²) in [5, 5.41) is 19.2. The second-order valence-electron chi connectivity index (χ2n) is 13.0. The van der Waals surface area contributed by atoms with Gasteiger partial charge < -0.3 is 24.7 Å². The average molecular weight is 507 g/mol. The van der Waals surface area contributed by atoms with E-state index in [9.17, 15) is 19.5 Å². The number of carbonyl (C=O) groups excluding carboxylic acids is 2. The lowest BCUT2D eigenvalue weighted by Crippen LogP contribution is -2.61. The van der Waals surface area contributed by atoms with Crippen molar-refractivity contribution in [1.29, 1.82) is 0 Å². The topological polar surface area (TPSA) is 107 Å². The lowest BCUT2D eigenvalue weighted by Gasteiger charge is -2.45. The minimum absolute atomic E-state index is 0.0356. The molecule has 2 amide bonds. The van der Waals surface area contributed by atoms with Gasteiger partial charge >= 0.3 is 5.97 Å². The molecule has 2 unspecified atom stereocenters. The summed E-state index contributed by atoms with van der Waals surface area (Å²) in [6, 6.07) is -0.863. The Kier molecular flexibility index (Phi) is 8.02. The SMILES string of the molecule is C=CCN(C(=O)C1N(CCCCCCO)C(=O)[C@@H]2[C@@H](C(=O)O)[C@@]3(C)CCC12O3)C(C)(C)CC(C)(C)C. The van der Waals surface area contributed by atoms with E-state index >= 15 is 0 Å². The van der Waals surface area contributed by atoms with Crippen LogP contribution >= 0.6 is 0 Å². The van der Waals surface area contributed by atoms with E-state index in [0.29, 0.717) is 38.8 Å². The summed E-state index contributed by atoms with van der Waals surface area (Å²) in [6.07, 6.45) is 6.47. The summed E-state index contributed by atoms with van der Waals surface area (Å²) in [5.74, 6) is -3.34. The van der Waals surface area contributed by atoms with Gasteiger partial charge in [0.05, 0.1) is 17.4 Å². The van der Waals surface area contributed by atoms with Crippen molar-refractivity contribution in [3.05, 3.63) is 12.7 Å². The van der Waals surface area contributed by atoms with Crippen LogP contribution in [0.4, 0.5) is 0 Å². The highest BCUT2D eigenvalue weighted by Gasteiger charge is 2.78. The van der Waals surface area contributed by atoms with Crippen molar-refractivity contribution in [2.45, 2.75) is 109 Å². The summed E-state index contributed by atoms with van der Waals surface area (Å²) in [5.41, 5.74) is -2.64. The van der Waals surface area contributed by atoms with E-state index in [1.807, 2.05) is 18.7 Å². The number of amides is 2. The Morgan fingerprint density at radius 1 is 1.17 bits per heavy atom. The highest BCUT2D eigenvalue weighted by Crippen LogP contribution is 2.63. The molecule has 0 aromatic rings. The summed E-state index contributed by atoms with van der Waals surface area (Å²) in [6.45, 7) is 17.0. The fraction of sp³-hybridized carbons (Fsp3) is 0.821. The minimum atomic E-state index is -1.13. The van der Waals surface area contributed by atoms with Crippen LogP contribution in [0.5, 0.6) is 0 Å². The van der Waals surface area contributed by atoms with Gasteiger partial charge in [-0.1, -0.05) is 39.7 Å². The molecular weight excluding hydrogens is 460 g/mol. The van der Waals surface area contributed by atoms with Crippen molar-refractivity contribution in [2.75, 3.05) is 19.7 Å². The van der Waals surface area contributed by atoms with Crippen LogP contribution in [0.15, 0.2) is 12.7 Å². The second kappa shape index (κ2) is 10.1. The standard InChI is InChI=1S/C28H46N2O6/c1-8-15-30(26(5,6)18-25(2,3)4)23(33)21-28-14-13-27(7,36-28)20(24(34)35)19(28)22(32)29(21)16-11-9-10-12-17-31/h8,19-21,31H,1,9-18H2,2-7H3,(H,34,35)/t19-,20-,21?,27+,28?/m0/s1. The van der Waals surface area contributed by atoms with Crippen LogP contribution < -0.4 is 0 Å². The first-order valence-electron chi connectivity index (χ1n) is 13.4. The zero-order valence-corrected chi connectivity index (χ0v) is 23.0. The Morgan fingerprint density at radius 3 is 2.36 bits per heavy atom. The third-order valence-corrected chi connectivity index (χ3v) is 8.36. The van der Waals surface area contributed by atoms with Crippen LogP contribution in [0.1, 0.15) is 86.5 Å². The molecule has 1 spiro atoms. The Hall–Kier alpha value is -1.93. The maximum absolute atomic E-state index is 14.5. The zero-order valence-electron chi connectivity index (χ0n) is 23.0. The molecule has 2 N–H and O–H groups in total. The van der Waals surface area contributed by atoms with Gasteiger partial charge in [-0.15, -0.1) is 6.58 Å². The van der Waals surface area contributed by atoms with E-state index in [2.05, 4.69) is 27.4 Å². The first-order valence-corrected chi connectivity index (χ1v) is 13.4. The first-order chi connectivity index (χ1) is 16.6. The Labute approximate surface area is 216 Å².